The van der Waals surface area contributed by atoms with Gasteiger partial charge in [-0.25, -0.2) is 0 Å². The van der Waals surface area contributed by atoms with Gasteiger partial charge in [0.15, 0.2) is 0 Å². The van der Waals surface area contributed by atoms with Gasteiger partial charge in [0.05, 0.1) is 5.54 Å². The van der Waals surface area contributed by atoms with E-state index < -0.39 is 0 Å². The lowest BCUT2D eigenvalue weighted by Crippen LogP contribution is -2.19. The maximum atomic E-state index is 4.70. The Balaban J connectivity index is 2.04. The Morgan fingerprint density at radius 3 is 2.81 bits per heavy atom. The van der Waals surface area contributed by atoms with E-state index in [2.05, 4.69) is 56.5 Å². The first kappa shape index (κ1) is 11.3. The van der Waals surface area contributed by atoms with Crippen molar-refractivity contribution in [1.82, 2.24) is 0 Å². The molecule has 1 aromatic heterocycles. The summed E-state index contributed by atoms with van der Waals surface area (Å²) in [5.41, 5.74) is 2.49. The first-order chi connectivity index (χ1) is 7.60. The largest absolute Gasteiger partial charge is 0.279 e. The maximum absolute atomic E-state index is 4.70. The van der Waals surface area contributed by atoms with E-state index in [1.54, 1.807) is 11.3 Å². The van der Waals surface area contributed by atoms with Crippen molar-refractivity contribution in [2.24, 2.45) is 4.99 Å². The lowest BCUT2D eigenvalue weighted by molar-refractivity contribution is 0.573. The van der Waals surface area contributed by atoms with Crippen molar-refractivity contribution in [1.29, 1.82) is 0 Å². The van der Waals surface area contributed by atoms with Crippen LogP contribution in [0.1, 0.15) is 32.1 Å². The summed E-state index contributed by atoms with van der Waals surface area (Å²) in [6.45, 7) is 6.44. The maximum Gasteiger partial charge on any atom is 0.0827 e. The third kappa shape index (κ3) is 2.33. The van der Waals surface area contributed by atoms with E-state index in [-0.39, 0.29) is 5.54 Å². The van der Waals surface area contributed by atoms with Crippen LogP contribution in [0, 0.1) is 0 Å². The van der Waals surface area contributed by atoms with Crippen LogP contribution in [0.2, 0.25) is 0 Å². The summed E-state index contributed by atoms with van der Waals surface area (Å²) < 4.78 is 0. The van der Waals surface area contributed by atoms with E-state index in [1.807, 2.05) is 0 Å². The molecule has 0 aromatic carbocycles. The zero-order valence-electron chi connectivity index (χ0n) is 10.0. The van der Waals surface area contributed by atoms with Crippen LogP contribution in [0.15, 0.2) is 40.2 Å². The van der Waals surface area contributed by atoms with Gasteiger partial charge in [-0.1, -0.05) is 12.1 Å². The van der Waals surface area contributed by atoms with Crippen molar-refractivity contribution in [2.45, 2.75) is 32.7 Å². The number of allylic oxidation sites excluding steroid dienone is 1. The van der Waals surface area contributed by atoms with E-state index in [4.69, 9.17) is 4.99 Å². The van der Waals surface area contributed by atoms with Crippen molar-refractivity contribution in [3.63, 3.8) is 0 Å². The molecule has 0 aliphatic carbocycles. The highest BCUT2D eigenvalue weighted by Gasteiger charge is 2.27. The lowest BCUT2D eigenvalue weighted by atomic mass is 9.91. The fraction of sp³-hybridized carbons (Fsp3) is 0.357. The van der Waals surface area contributed by atoms with Crippen LogP contribution in [0.3, 0.4) is 0 Å². The van der Waals surface area contributed by atoms with Gasteiger partial charge in [0.2, 0.25) is 0 Å². The summed E-state index contributed by atoms with van der Waals surface area (Å²) in [6, 6.07) is 4.21. The van der Waals surface area contributed by atoms with Crippen molar-refractivity contribution < 1.29 is 0 Å². The first-order valence-electron chi connectivity index (χ1n) is 5.55. The van der Waals surface area contributed by atoms with Gasteiger partial charge < -0.3 is 0 Å². The molecule has 2 heterocycles. The fourth-order valence-corrected chi connectivity index (χ4v) is 2.62. The smallest absolute Gasteiger partial charge is 0.0827 e. The molecular formula is C14H17NS. The van der Waals surface area contributed by atoms with Crippen molar-refractivity contribution in [3.8, 4) is 0 Å². The zero-order chi connectivity index (χ0) is 11.6. The van der Waals surface area contributed by atoms with Crippen LogP contribution in [-0.2, 0) is 0 Å². The average molecular weight is 231 g/mol. The van der Waals surface area contributed by atoms with E-state index in [9.17, 15) is 0 Å². The van der Waals surface area contributed by atoms with Gasteiger partial charge in [-0.05, 0) is 56.4 Å². The second-order valence-corrected chi connectivity index (χ2v) is 5.46. The molecule has 0 radical (unpaired) electrons. The summed E-state index contributed by atoms with van der Waals surface area (Å²) in [4.78, 5) is 6.01. The highest BCUT2D eigenvalue weighted by atomic mass is 32.1. The third-order valence-electron chi connectivity index (χ3n) is 3.04. The fourth-order valence-electron chi connectivity index (χ4n) is 1.98. The molecule has 0 amide bonds. The van der Waals surface area contributed by atoms with E-state index in [1.165, 1.54) is 10.5 Å². The van der Waals surface area contributed by atoms with Crippen molar-refractivity contribution >= 4 is 23.1 Å². The minimum absolute atomic E-state index is 0.0160. The predicted octanol–water partition coefficient (Wildman–Crippen LogP) is 4.33. The summed E-state index contributed by atoms with van der Waals surface area (Å²) in [6.07, 6.45) is 7.57. The van der Waals surface area contributed by atoms with Gasteiger partial charge in [-0.2, -0.15) is 0 Å². The first-order valence-corrected chi connectivity index (χ1v) is 6.43. The molecule has 0 saturated carbocycles. The normalized spacial score (nSPS) is 24.9. The van der Waals surface area contributed by atoms with Crippen LogP contribution < -0.4 is 0 Å². The number of hydrogen-bond donors (Lipinski definition) is 0. The predicted molar refractivity (Wildman–Crippen MR) is 73.2 cm³/mol. The molecule has 2 rings (SSSR count). The molecule has 0 N–H and O–H groups in total. The van der Waals surface area contributed by atoms with E-state index in [0.717, 1.165) is 12.1 Å². The van der Waals surface area contributed by atoms with Crippen LogP contribution >= 0.6 is 11.3 Å². The Morgan fingerprint density at radius 1 is 1.44 bits per heavy atom. The molecule has 1 aliphatic heterocycles. The van der Waals surface area contributed by atoms with Crippen LogP contribution in [0.4, 0.5) is 0 Å². The summed E-state index contributed by atoms with van der Waals surface area (Å²) in [7, 11) is 0. The summed E-state index contributed by atoms with van der Waals surface area (Å²) >= 11 is 1.77. The molecule has 16 heavy (non-hydrogen) atoms. The Hall–Kier alpha value is -1.15. The topological polar surface area (TPSA) is 12.4 Å². The second-order valence-electron chi connectivity index (χ2n) is 4.48. The Kier molecular flexibility index (Phi) is 3.10. The number of thiophene rings is 1. The molecule has 0 spiro atoms. The quantitative estimate of drug-likeness (QED) is 0.734. The highest BCUT2D eigenvalue weighted by molar-refractivity contribution is 7.10. The van der Waals surface area contributed by atoms with Crippen LogP contribution in [-0.4, -0.2) is 11.3 Å². The van der Waals surface area contributed by atoms with E-state index >= 15 is 0 Å². The SMILES string of the molecule is CC1=CC(C)=N[C@]1(C)C/C=C/c1cccs1. The van der Waals surface area contributed by atoms with Gasteiger partial charge in [0.1, 0.15) is 0 Å². The van der Waals surface area contributed by atoms with Gasteiger partial charge in [-0.15, -0.1) is 11.3 Å². The second kappa shape index (κ2) is 4.38. The monoisotopic (exact) mass is 231 g/mol. The van der Waals surface area contributed by atoms with E-state index in [0.29, 0.717) is 0 Å². The molecule has 0 fully saturated rings. The standard InChI is InChI=1S/C14H17NS/c1-11-10-12(2)15-14(11,3)8-4-6-13-7-5-9-16-13/h4-7,9-10H,8H2,1-3H3/b6-4+/t14-/m1/s1. The molecule has 1 nitrogen and oxygen atoms in total. The minimum Gasteiger partial charge on any atom is -0.279 e. The van der Waals surface area contributed by atoms with Gasteiger partial charge in [0.25, 0.3) is 0 Å². The highest BCUT2D eigenvalue weighted by Crippen LogP contribution is 2.31. The Labute approximate surface area is 101 Å². The average Bonchev–Trinajstić information content (AvgIpc) is 2.77. The van der Waals surface area contributed by atoms with Gasteiger partial charge in [0, 0.05) is 10.6 Å². The van der Waals surface area contributed by atoms with Crippen molar-refractivity contribution in [2.75, 3.05) is 0 Å². The Bertz CT molecular complexity index is 451. The van der Waals surface area contributed by atoms with Crippen LogP contribution in [0.5, 0.6) is 0 Å². The molecule has 0 unspecified atom stereocenters. The number of nitrogens with zero attached hydrogens (tertiary/aromatic N) is 1. The summed E-state index contributed by atoms with van der Waals surface area (Å²) in [5.74, 6) is 0. The molecule has 0 bridgehead atoms. The summed E-state index contributed by atoms with van der Waals surface area (Å²) in [5, 5.41) is 2.10. The molecule has 0 saturated heterocycles. The zero-order valence-corrected chi connectivity index (χ0v) is 10.8. The Morgan fingerprint density at radius 2 is 2.25 bits per heavy atom. The van der Waals surface area contributed by atoms with Gasteiger partial charge in [-0.3, -0.25) is 4.99 Å². The molecule has 84 valence electrons. The third-order valence-corrected chi connectivity index (χ3v) is 3.88. The van der Waals surface area contributed by atoms with Crippen molar-refractivity contribution in [3.05, 3.63) is 40.1 Å². The number of rotatable bonds is 3. The lowest BCUT2D eigenvalue weighted by Gasteiger charge is -2.21. The molecule has 2 heteroatoms. The molecular weight excluding hydrogens is 214 g/mol. The number of aliphatic imine (C=N–C) groups is 1. The molecule has 1 aromatic rings. The molecule has 1 aliphatic rings. The van der Waals surface area contributed by atoms with Gasteiger partial charge >= 0.3 is 0 Å². The minimum atomic E-state index is -0.0160. The molecule has 1 atom stereocenters. The number of hydrogen-bond acceptors (Lipinski definition) is 2. The van der Waals surface area contributed by atoms with Crippen LogP contribution in [0.25, 0.3) is 6.08 Å².